The third kappa shape index (κ3) is 5.80. The molecule has 12 heteroatoms. The number of aromatic nitrogens is 2. The maximum Gasteiger partial charge on any atom is 0.258 e. The number of aliphatic hydroxyl groups is 1. The third-order valence-electron chi connectivity index (χ3n) is 6.84. The number of anilines is 1. The first-order chi connectivity index (χ1) is 19.5. The zero-order valence-corrected chi connectivity index (χ0v) is 23.7. The molecule has 5 rings (SSSR count). The van der Waals surface area contributed by atoms with Crippen LogP contribution in [-0.4, -0.2) is 48.2 Å². The fraction of sp³-hybridized carbons (Fsp3) is 0.276. The van der Waals surface area contributed by atoms with Crippen LogP contribution in [0.3, 0.4) is 0 Å². The summed E-state index contributed by atoms with van der Waals surface area (Å²) in [5.74, 6) is 0.422. The molecular weight excluding hydrogens is 548 g/mol. The Morgan fingerprint density at radius 1 is 1.10 bits per heavy atom. The molecule has 214 valence electrons. The van der Waals surface area contributed by atoms with Gasteiger partial charge in [-0.1, -0.05) is 19.1 Å². The van der Waals surface area contributed by atoms with Gasteiger partial charge in [0.25, 0.3) is 5.91 Å². The molecule has 0 unspecified atom stereocenters. The molecule has 0 radical (unpaired) electrons. The van der Waals surface area contributed by atoms with Crippen molar-refractivity contribution in [1.29, 1.82) is 0 Å². The minimum atomic E-state index is -4.04. The highest BCUT2D eigenvalue weighted by molar-refractivity contribution is 7.89. The highest BCUT2D eigenvalue weighted by atomic mass is 32.2. The second kappa shape index (κ2) is 11.0. The summed E-state index contributed by atoms with van der Waals surface area (Å²) in [6.07, 6.45) is 0.998. The number of sulfonamides is 1. The lowest BCUT2D eigenvalue weighted by Crippen LogP contribution is -2.53. The van der Waals surface area contributed by atoms with Gasteiger partial charge in [-0.25, -0.2) is 18.1 Å². The number of amides is 1. The smallest absolute Gasteiger partial charge is 0.258 e. The number of aryl methyl sites for hydroxylation is 1. The first kappa shape index (κ1) is 28.3. The van der Waals surface area contributed by atoms with Crippen molar-refractivity contribution in [2.75, 3.05) is 12.4 Å². The summed E-state index contributed by atoms with van der Waals surface area (Å²) < 4.78 is 45.9. The summed E-state index contributed by atoms with van der Waals surface area (Å²) in [6.45, 7) is 5.30. The number of carbonyl (C=O) groups excluding carboxylic acids is 1. The van der Waals surface area contributed by atoms with Gasteiger partial charge in [0.2, 0.25) is 21.9 Å². The number of nitrogens with zero attached hydrogens (tertiary/aromatic N) is 2. The predicted molar refractivity (Wildman–Crippen MR) is 150 cm³/mol. The molecule has 0 bridgehead atoms. The minimum Gasteiger partial charge on any atom is -0.485 e. The van der Waals surface area contributed by atoms with Crippen LogP contribution in [-0.2, 0) is 16.4 Å². The first-order valence-electron chi connectivity index (χ1n) is 12.9. The number of fused-ring (bicyclic) bond motifs is 1. The zero-order valence-electron chi connectivity index (χ0n) is 22.9. The van der Waals surface area contributed by atoms with Crippen LogP contribution in [0.5, 0.6) is 11.6 Å². The molecular formula is C29H30N4O7S. The molecule has 11 nitrogen and oxygen atoms in total. The molecule has 1 amide bonds. The fourth-order valence-electron chi connectivity index (χ4n) is 4.52. The lowest BCUT2D eigenvalue weighted by molar-refractivity contribution is -0.0603. The average Bonchev–Trinajstić information content (AvgIpc) is 3.50. The molecule has 2 atom stereocenters. The van der Waals surface area contributed by atoms with Gasteiger partial charge >= 0.3 is 0 Å². The van der Waals surface area contributed by atoms with E-state index in [0.29, 0.717) is 22.8 Å². The SMILES string of the molecule is CCc1ccc(S(=O)(=O)N[C@@H]2c3cc(C(=O)Nc4nc(OC)cc(-c5ccco5)n4)ccc3OC(C)(C)[C@H]2O)cc1. The van der Waals surface area contributed by atoms with Crippen LogP contribution < -0.4 is 19.5 Å². The van der Waals surface area contributed by atoms with Crippen molar-refractivity contribution in [1.82, 2.24) is 14.7 Å². The molecule has 1 aliphatic rings. The standard InChI is InChI=1S/C29H30N4O7S/c1-5-17-8-11-19(12-9-17)41(36,37)33-25-20-15-18(10-13-22(20)40-29(2,3)26(25)34)27(35)32-28-30-21(16-24(31-28)38-4)23-7-6-14-39-23/h6-16,25-26,33-34H,5H2,1-4H3,(H,30,31,32,35)/t25-,26+/m1/s1. The van der Waals surface area contributed by atoms with Gasteiger partial charge in [0.15, 0.2) is 5.76 Å². The molecule has 0 fully saturated rings. The van der Waals surface area contributed by atoms with Gasteiger partial charge in [0.1, 0.15) is 23.1 Å². The summed E-state index contributed by atoms with van der Waals surface area (Å²) in [5.41, 5.74) is 0.756. The zero-order chi connectivity index (χ0) is 29.4. The van der Waals surface area contributed by atoms with E-state index in [0.717, 1.165) is 12.0 Å². The average molecular weight is 579 g/mol. The van der Waals surface area contributed by atoms with Crippen LogP contribution in [0.15, 0.2) is 76.2 Å². The van der Waals surface area contributed by atoms with Gasteiger partial charge in [-0.3, -0.25) is 10.1 Å². The van der Waals surface area contributed by atoms with Crippen molar-refractivity contribution < 1.29 is 32.2 Å². The van der Waals surface area contributed by atoms with E-state index in [-0.39, 0.29) is 22.3 Å². The number of nitrogens with one attached hydrogen (secondary N) is 2. The lowest BCUT2D eigenvalue weighted by Gasteiger charge is -2.42. The molecule has 0 saturated heterocycles. The molecule has 2 aromatic carbocycles. The van der Waals surface area contributed by atoms with Crippen LogP contribution in [0.2, 0.25) is 0 Å². The highest BCUT2D eigenvalue weighted by Crippen LogP contribution is 2.41. The number of rotatable bonds is 8. The van der Waals surface area contributed by atoms with Crippen LogP contribution >= 0.6 is 0 Å². The van der Waals surface area contributed by atoms with E-state index in [9.17, 15) is 18.3 Å². The normalized spacial score (nSPS) is 17.8. The van der Waals surface area contributed by atoms with Gasteiger partial charge in [-0.05, 0) is 68.3 Å². The van der Waals surface area contributed by atoms with Gasteiger partial charge < -0.3 is 19.0 Å². The summed E-state index contributed by atoms with van der Waals surface area (Å²) >= 11 is 0. The van der Waals surface area contributed by atoms with Gasteiger partial charge in [0, 0.05) is 17.2 Å². The number of hydrogen-bond acceptors (Lipinski definition) is 9. The Labute approximate surface area is 237 Å². The number of aliphatic hydroxyl groups excluding tert-OH is 1. The van der Waals surface area contributed by atoms with Crippen LogP contribution in [0.25, 0.3) is 11.5 Å². The van der Waals surface area contributed by atoms with Crippen molar-refractivity contribution in [3.8, 4) is 23.1 Å². The Morgan fingerprint density at radius 3 is 2.51 bits per heavy atom. The van der Waals surface area contributed by atoms with E-state index in [1.165, 1.54) is 37.6 Å². The van der Waals surface area contributed by atoms with E-state index in [1.54, 1.807) is 50.2 Å². The van der Waals surface area contributed by atoms with Crippen molar-refractivity contribution in [2.24, 2.45) is 0 Å². The second-order valence-corrected chi connectivity index (χ2v) is 11.8. The number of hydrogen-bond donors (Lipinski definition) is 3. The summed E-state index contributed by atoms with van der Waals surface area (Å²) in [6, 6.07) is 15.0. The Morgan fingerprint density at radius 2 is 1.85 bits per heavy atom. The number of benzene rings is 2. The fourth-order valence-corrected chi connectivity index (χ4v) is 5.74. The molecule has 0 aliphatic carbocycles. The number of furan rings is 1. The Kier molecular flexibility index (Phi) is 7.56. The quantitative estimate of drug-likeness (QED) is 0.280. The van der Waals surface area contributed by atoms with Crippen LogP contribution in [0.1, 0.15) is 48.3 Å². The molecule has 3 N–H and O–H groups in total. The third-order valence-corrected chi connectivity index (χ3v) is 8.30. The summed E-state index contributed by atoms with van der Waals surface area (Å²) in [5, 5.41) is 13.8. The summed E-state index contributed by atoms with van der Waals surface area (Å²) in [7, 11) is -2.60. The van der Waals surface area contributed by atoms with Crippen molar-refractivity contribution in [2.45, 2.75) is 49.8 Å². The topological polar surface area (TPSA) is 153 Å². The van der Waals surface area contributed by atoms with Gasteiger partial charge in [0.05, 0.1) is 24.3 Å². The highest BCUT2D eigenvalue weighted by Gasteiger charge is 2.45. The molecule has 0 spiro atoms. The van der Waals surface area contributed by atoms with E-state index in [1.807, 2.05) is 6.92 Å². The van der Waals surface area contributed by atoms with Gasteiger partial charge in [-0.15, -0.1) is 0 Å². The van der Waals surface area contributed by atoms with Crippen molar-refractivity contribution in [3.05, 3.63) is 83.6 Å². The monoisotopic (exact) mass is 578 g/mol. The largest absolute Gasteiger partial charge is 0.485 e. The minimum absolute atomic E-state index is 0.0244. The summed E-state index contributed by atoms with van der Waals surface area (Å²) in [4.78, 5) is 21.9. The van der Waals surface area contributed by atoms with Crippen LogP contribution in [0, 0.1) is 0 Å². The van der Waals surface area contributed by atoms with Crippen LogP contribution in [0.4, 0.5) is 5.95 Å². The second-order valence-electron chi connectivity index (χ2n) is 10.0. The van der Waals surface area contributed by atoms with Gasteiger partial charge in [-0.2, -0.15) is 4.98 Å². The molecule has 41 heavy (non-hydrogen) atoms. The Balaban J connectivity index is 1.46. The maximum absolute atomic E-state index is 13.3. The Bertz CT molecular complexity index is 1670. The van der Waals surface area contributed by atoms with E-state index in [2.05, 4.69) is 20.0 Å². The molecule has 1 aliphatic heterocycles. The number of ether oxygens (including phenoxy) is 2. The van der Waals surface area contributed by atoms with Crippen molar-refractivity contribution in [3.63, 3.8) is 0 Å². The molecule has 4 aromatic rings. The predicted octanol–water partition coefficient (Wildman–Crippen LogP) is 4.11. The maximum atomic E-state index is 13.3. The molecule has 3 heterocycles. The Hall–Kier alpha value is -4.26. The molecule has 0 saturated carbocycles. The van der Waals surface area contributed by atoms with E-state index in [4.69, 9.17) is 13.9 Å². The van der Waals surface area contributed by atoms with E-state index < -0.39 is 33.7 Å². The lowest BCUT2D eigenvalue weighted by atomic mass is 9.86. The number of carbonyl (C=O) groups is 1. The van der Waals surface area contributed by atoms with E-state index >= 15 is 0 Å². The number of methoxy groups -OCH3 is 1. The first-order valence-corrected chi connectivity index (χ1v) is 14.4. The molecule has 2 aromatic heterocycles. The van der Waals surface area contributed by atoms with Crippen molar-refractivity contribution >= 4 is 21.9 Å².